The summed E-state index contributed by atoms with van der Waals surface area (Å²) in [6, 6.07) is 6.02. The van der Waals surface area contributed by atoms with Crippen LogP contribution in [0.3, 0.4) is 0 Å². The Labute approximate surface area is 175 Å². The molecule has 3 aromatic rings. The van der Waals surface area contributed by atoms with Crippen molar-refractivity contribution in [3.63, 3.8) is 0 Å². The van der Waals surface area contributed by atoms with Gasteiger partial charge in [-0.2, -0.15) is 0 Å². The monoisotopic (exact) mass is 484 g/mol. The Morgan fingerprint density at radius 2 is 2.12 bits per heavy atom. The van der Waals surface area contributed by atoms with Gasteiger partial charge in [-0.1, -0.05) is 19.9 Å². The molecule has 0 aromatic carbocycles. The minimum absolute atomic E-state index is 0. The molecule has 0 unspecified atom stereocenters. The number of thiazole rings is 1. The summed E-state index contributed by atoms with van der Waals surface area (Å²) < 4.78 is 2.04. The third-order valence-electron chi connectivity index (χ3n) is 3.88. The molecule has 140 valence electrons. The van der Waals surface area contributed by atoms with Crippen LogP contribution in [0, 0.1) is 0 Å². The number of halogens is 1. The van der Waals surface area contributed by atoms with Gasteiger partial charge < -0.3 is 15.0 Å². The fraction of sp³-hybridized carbons (Fsp3) is 0.389. The number of guanidine groups is 1. The summed E-state index contributed by atoms with van der Waals surface area (Å²) >= 11 is 1.68. The maximum absolute atomic E-state index is 4.63. The predicted octanol–water partition coefficient (Wildman–Crippen LogP) is 3.44. The molecule has 0 atom stereocenters. The van der Waals surface area contributed by atoms with E-state index in [9.17, 15) is 0 Å². The van der Waals surface area contributed by atoms with Crippen molar-refractivity contribution in [1.29, 1.82) is 0 Å². The van der Waals surface area contributed by atoms with Crippen LogP contribution in [-0.4, -0.2) is 33.9 Å². The molecule has 8 heteroatoms. The number of aliphatic imine (C=N–C) groups is 1. The molecule has 0 saturated heterocycles. The first-order valence-corrected chi connectivity index (χ1v) is 9.35. The Balaban J connectivity index is 0.00000243. The SMILES string of the molecule is CN=C(NCCc1cn2ccccc2n1)NCc1nc(C(C)C)cs1.I. The van der Waals surface area contributed by atoms with Crippen LogP contribution in [0.4, 0.5) is 0 Å². The zero-order valence-corrected chi connectivity index (χ0v) is 18.4. The standard InChI is InChI=1S/C18H24N6S.HI/c1-13(2)15-12-25-17(23-15)10-21-18(19-3)20-8-7-14-11-24-9-5-4-6-16(24)22-14;/h4-6,9,11-13H,7-8,10H2,1-3H3,(H2,19,20,21);1H. The average Bonchev–Trinajstić information content (AvgIpc) is 3.24. The normalized spacial score (nSPS) is 11.6. The quantitative estimate of drug-likeness (QED) is 0.320. The highest BCUT2D eigenvalue weighted by Crippen LogP contribution is 2.17. The van der Waals surface area contributed by atoms with Crippen LogP contribution in [0.5, 0.6) is 0 Å². The number of rotatable bonds is 6. The van der Waals surface area contributed by atoms with Crippen molar-refractivity contribution < 1.29 is 0 Å². The minimum Gasteiger partial charge on any atom is -0.356 e. The summed E-state index contributed by atoms with van der Waals surface area (Å²) in [7, 11) is 1.78. The molecule has 0 bridgehead atoms. The number of nitrogens with zero attached hydrogens (tertiary/aromatic N) is 4. The van der Waals surface area contributed by atoms with E-state index in [4.69, 9.17) is 0 Å². The van der Waals surface area contributed by atoms with Crippen molar-refractivity contribution in [2.75, 3.05) is 13.6 Å². The van der Waals surface area contributed by atoms with Crippen molar-refractivity contribution in [1.82, 2.24) is 25.0 Å². The van der Waals surface area contributed by atoms with Crippen molar-refractivity contribution >= 4 is 46.9 Å². The Hall–Kier alpha value is -1.68. The highest BCUT2D eigenvalue weighted by atomic mass is 127. The molecule has 0 amide bonds. The van der Waals surface area contributed by atoms with Crippen molar-refractivity contribution in [2.45, 2.75) is 32.7 Å². The Morgan fingerprint density at radius 1 is 1.27 bits per heavy atom. The van der Waals surface area contributed by atoms with E-state index in [1.165, 1.54) is 0 Å². The summed E-state index contributed by atoms with van der Waals surface area (Å²) in [5, 5.41) is 9.84. The van der Waals surface area contributed by atoms with E-state index in [1.54, 1.807) is 18.4 Å². The molecule has 3 heterocycles. The lowest BCUT2D eigenvalue weighted by atomic mass is 10.2. The maximum Gasteiger partial charge on any atom is 0.191 e. The largest absolute Gasteiger partial charge is 0.356 e. The van der Waals surface area contributed by atoms with Crippen LogP contribution in [-0.2, 0) is 13.0 Å². The molecule has 3 rings (SSSR count). The van der Waals surface area contributed by atoms with Gasteiger partial charge in [0.15, 0.2) is 5.96 Å². The first-order chi connectivity index (χ1) is 12.2. The highest BCUT2D eigenvalue weighted by molar-refractivity contribution is 14.0. The number of imidazole rings is 1. The Bertz CT molecular complexity index is 821. The number of hydrogen-bond donors (Lipinski definition) is 2. The third-order valence-corrected chi connectivity index (χ3v) is 4.75. The molecule has 3 aromatic heterocycles. The number of aromatic nitrogens is 3. The summed E-state index contributed by atoms with van der Waals surface area (Å²) in [4.78, 5) is 13.5. The lowest BCUT2D eigenvalue weighted by Crippen LogP contribution is -2.37. The van der Waals surface area contributed by atoms with Crippen LogP contribution < -0.4 is 10.6 Å². The van der Waals surface area contributed by atoms with Crippen LogP contribution in [0.2, 0.25) is 0 Å². The molecular weight excluding hydrogens is 459 g/mol. The smallest absolute Gasteiger partial charge is 0.191 e. The lowest BCUT2D eigenvalue weighted by Gasteiger charge is -2.10. The van der Waals surface area contributed by atoms with Crippen molar-refractivity contribution in [3.8, 4) is 0 Å². The zero-order valence-electron chi connectivity index (χ0n) is 15.3. The van der Waals surface area contributed by atoms with E-state index in [0.717, 1.165) is 41.0 Å². The van der Waals surface area contributed by atoms with Gasteiger partial charge in [-0.05, 0) is 18.1 Å². The van der Waals surface area contributed by atoms with Gasteiger partial charge in [-0.25, -0.2) is 9.97 Å². The maximum atomic E-state index is 4.63. The molecule has 0 radical (unpaired) electrons. The molecular formula is C18H25IN6S. The van der Waals surface area contributed by atoms with Gasteiger partial charge in [-0.3, -0.25) is 4.99 Å². The molecule has 6 nitrogen and oxygen atoms in total. The fourth-order valence-corrected chi connectivity index (χ4v) is 3.36. The third kappa shape index (κ3) is 5.41. The number of hydrogen-bond acceptors (Lipinski definition) is 4. The fourth-order valence-electron chi connectivity index (χ4n) is 2.47. The zero-order chi connectivity index (χ0) is 17.6. The first kappa shape index (κ1) is 20.6. The summed E-state index contributed by atoms with van der Waals surface area (Å²) in [5.74, 6) is 1.25. The van der Waals surface area contributed by atoms with Crippen LogP contribution in [0.25, 0.3) is 5.65 Å². The summed E-state index contributed by atoms with van der Waals surface area (Å²) in [5.41, 5.74) is 3.19. The van der Waals surface area contributed by atoms with Gasteiger partial charge in [0.05, 0.1) is 17.9 Å². The summed E-state index contributed by atoms with van der Waals surface area (Å²) in [6.07, 6.45) is 4.92. The van der Waals surface area contributed by atoms with Gasteiger partial charge in [0.1, 0.15) is 10.7 Å². The van der Waals surface area contributed by atoms with E-state index < -0.39 is 0 Å². The molecule has 0 aliphatic heterocycles. The van der Waals surface area contributed by atoms with Gasteiger partial charge in [0.2, 0.25) is 0 Å². The second kappa shape index (κ2) is 9.86. The van der Waals surface area contributed by atoms with E-state index in [1.807, 2.05) is 28.8 Å². The van der Waals surface area contributed by atoms with E-state index in [2.05, 4.69) is 51.0 Å². The van der Waals surface area contributed by atoms with E-state index >= 15 is 0 Å². The average molecular weight is 484 g/mol. The first-order valence-electron chi connectivity index (χ1n) is 8.47. The topological polar surface area (TPSA) is 66.6 Å². The second-order valence-electron chi connectivity index (χ2n) is 6.12. The molecule has 0 aliphatic carbocycles. The molecule has 26 heavy (non-hydrogen) atoms. The molecule has 0 saturated carbocycles. The number of fused-ring (bicyclic) bond motifs is 1. The van der Waals surface area contributed by atoms with Gasteiger partial charge in [-0.15, -0.1) is 35.3 Å². The molecule has 0 spiro atoms. The van der Waals surface area contributed by atoms with Crippen LogP contribution in [0.1, 0.15) is 36.2 Å². The van der Waals surface area contributed by atoms with Gasteiger partial charge in [0, 0.05) is 37.8 Å². The molecule has 0 aliphatic rings. The second-order valence-corrected chi connectivity index (χ2v) is 7.06. The van der Waals surface area contributed by atoms with Crippen molar-refractivity contribution in [3.05, 3.63) is 52.4 Å². The van der Waals surface area contributed by atoms with E-state index in [-0.39, 0.29) is 24.0 Å². The lowest BCUT2D eigenvalue weighted by molar-refractivity contribution is 0.774. The number of pyridine rings is 1. The molecule has 2 N–H and O–H groups in total. The summed E-state index contributed by atoms with van der Waals surface area (Å²) in [6.45, 7) is 5.78. The van der Waals surface area contributed by atoms with Crippen LogP contribution in [0.15, 0.2) is 41.0 Å². The Morgan fingerprint density at radius 3 is 2.81 bits per heavy atom. The van der Waals surface area contributed by atoms with Crippen molar-refractivity contribution in [2.24, 2.45) is 4.99 Å². The molecule has 0 fully saturated rings. The highest BCUT2D eigenvalue weighted by Gasteiger charge is 2.07. The predicted molar refractivity (Wildman–Crippen MR) is 119 cm³/mol. The number of nitrogens with one attached hydrogen (secondary N) is 2. The minimum atomic E-state index is 0. The van der Waals surface area contributed by atoms with Gasteiger partial charge >= 0.3 is 0 Å². The van der Waals surface area contributed by atoms with Gasteiger partial charge in [0.25, 0.3) is 0 Å². The van der Waals surface area contributed by atoms with E-state index in [0.29, 0.717) is 12.5 Å². The Kier molecular flexibility index (Phi) is 7.83. The van der Waals surface area contributed by atoms with Crippen LogP contribution >= 0.6 is 35.3 Å².